The molecule has 0 aliphatic carbocycles. The minimum atomic E-state index is -0.576. The number of hydrogen-bond acceptors (Lipinski definition) is 5. The van der Waals surface area contributed by atoms with E-state index in [1.807, 2.05) is 85.8 Å². The molecule has 0 aliphatic rings. The molecule has 7 nitrogen and oxygen atoms in total. The molecule has 0 spiro atoms. The molecule has 0 radical (unpaired) electrons. The van der Waals surface area contributed by atoms with E-state index < -0.39 is 12.2 Å². The van der Waals surface area contributed by atoms with Crippen molar-refractivity contribution in [3.8, 4) is 0 Å². The van der Waals surface area contributed by atoms with Crippen molar-refractivity contribution < 1.29 is 19.1 Å². The van der Waals surface area contributed by atoms with Gasteiger partial charge in [-0.15, -0.1) is 0 Å². The summed E-state index contributed by atoms with van der Waals surface area (Å²) in [4.78, 5) is 30.7. The number of amides is 2. The fraction of sp³-hybridized carbons (Fsp3) is 0.269. The highest BCUT2D eigenvalue weighted by Crippen LogP contribution is 2.17. The maximum atomic E-state index is 12.4. The maximum absolute atomic E-state index is 12.4. The zero-order chi connectivity index (χ0) is 23.3. The summed E-state index contributed by atoms with van der Waals surface area (Å²) in [6.07, 6.45) is 1.23. The minimum absolute atomic E-state index is 0.0201. The van der Waals surface area contributed by atoms with Crippen LogP contribution in [-0.2, 0) is 22.4 Å². The van der Waals surface area contributed by atoms with E-state index in [1.54, 1.807) is 11.1 Å². The molecule has 2 amide bonds. The number of pyridine rings is 1. The number of ether oxygens (including phenoxy) is 2. The first-order valence-electron chi connectivity index (χ1n) is 11.0. The molecule has 1 N–H and O–H groups in total. The Morgan fingerprint density at radius 1 is 0.909 bits per heavy atom. The second kappa shape index (κ2) is 12.9. The molecule has 33 heavy (non-hydrogen) atoms. The molecule has 0 saturated heterocycles. The average molecular weight is 448 g/mol. The topological polar surface area (TPSA) is 80.8 Å². The Morgan fingerprint density at radius 2 is 1.58 bits per heavy atom. The smallest absolute Gasteiger partial charge is 0.410 e. The second-order valence-corrected chi connectivity index (χ2v) is 7.38. The van der Waals surface area contributed by atoms with Crippen LogP contribution >= 0.6 is 0 Å². The Morgan fingerprint density at radius 3 is 2.24 bits per heavy atom. The normalized spacial score (nSPS) is 11.3. The largest absolute Gasteiger partial charge is 0.446 e. The molecule has 0 saturated carbocycles. The molecule has 0 aliphatic heterocycles. The summed E-state index contributed by atoms with van der Waals surface area (Å²) < 4.78 is 10.5. The highest BCUT2D eigenvalue weighted by Gasteiger charge is 2.17. The van der Waals surface area contributed by atoms with Crippen molar-refractivity contribution >= 4 is 12.2 Å². The number of rotatable bonds is 10. The number of aromatic nitrogens is 1. The number of hydrogen-bond donors (Lipinski definition) is 1. The van der Waals surface area contributed by atoms with Gasteiger partial charge in [0, 0.05) is 31.4 Å². The predicted octanol–water partition coefficient (Wildman–Crippen LogP) is 4.75. The van der Waals surface area contributed by atoms with Gasteiger partial charge in [0.25, 0.3) is 0 Å². The molecule has 0 bridgehead atoms. The molecule has 7 heteroatoms. The van der Waals surface area contributed by atoms with Gasteiger partial charge in [-0.3, -0.25) is 4.98 Å². The van der Waals surface area contributed by atoms with Gasteiger partial charge < -0.3 is 19.7 Å². The highest BCUT2D eigenvalue weighted by molar-refractivity contribution is 5.68. The first kappa shape index (κ1) is 23.8. The SMILES string of the molecule is CCN(Cc1ccccc1)C(=O)OCCOC(=O)NC(Cc1ccccn1)c1ccccc1. The standard InChI is InChI=1S/C26H29N3O4/c1-2-29(20-21-11-5-3-6-12-21)26(31)33-18-17-32-25(30)28-24(22-13-7-4-8-14-22)19-23-15-9-10-16-27-23/h3-16,24H,2,17-20H2,1H3,(H,28,30). The Hall–Kier alpha value is -3.87. The van der Waals surface area contributed by atoms with Gasteiger partial charge in [-0.25, -0.2) is 9.59 Å². The molecule has 1 aromatic heterocycles. The van der Waals surface area contributed by atoms with Crippen LogP contribution in [0.5, 0.6) is 0 Å². The molecular weight excluding hydrogens is 418 g/mol. The zero-order valence-corrected chi connectivity index (χ0v) is 18.7. The number of alkyl carbamates (subject to hydrolysis) is 1. The van der Waals surface area contributed by atoms with Gasteiger partial charge in [0.2, 0.25) is 0 Å². The van der Waals surface area contributed by atoms with E-state index >= 15 is 0 Å². The van der Waals surface area contributed by atoms with Crippen LogP contribution < -0.4 is 5.32 Å². The number of nitrogens with zero attached hydrogens (tertiary/aromatic N) is 2. The summed E-state index contributed by atoms with van der Waals surface area (Å²) in [6.45, 7) is 2.81. The first-order valence-corrected chi connectivity index (χ1v) is 11.0. The van der Waals surface area contributed by atoms with E-state index in [2.05, 4.69) is 10.3 Å². The maximum Gasteiger partial charge on any atom is 0.410 e. The van der Waals surface area contributed by atoms with Crippen LogP contribution in [0.2, 0.25) is 0 Å². The van der Waals surface area contributed by atoms with Crippen molar-refractivity contribution in [3.05, 3.63) is 102 Å². The van der Waals surface area contributed by atoms with Crippen molar-refractivity contribution in [1.29, 1.82) is 0 Å². The van der Waals surface area contributed by atoms with Gasteiger partial charge in [-0.1, -0.05) is 66.7 Å². The fourth-order valence-corrected chi connectivity index (χ4v) is 3.31. The lowest BCUT2D eigenvalue weighted by Gasteiger charge is -2.21. The highest BCUT2D eigenvalue weighted by atomic mass is 16.6. The molecular formula is C26H29N3O4. The molecule has 3 rings (SSSR count). The van der Waals surface area contributed by atoms with E-state index in [-0.39, 0.29) is 19.3 Å². The van der Waals surface area contributed by atoms with Crippen LogP contribution in [-0.4, -0.2) is 41.8 Å². The molecule has 3 aromatic rings. The molecule has 1 heterocycles. The molecule has 2 aromatic carbocycles. The van der Waals surface area contributed by atoms with Crippen molar-refractivity contribution in [2.75, 3.05) is 19.8 Å². The van der Waals surface area contributed by atoms with Crippen LogP contribution in [0.3, 0.4) is 0 Å². The van der Waals surface area contributed by atoms with Crippen molar-refractivity contribution in [2.24, 2.45) is 0 Å². The van der Waals surface area contributed by atoms with E-state index in [4.69, 9.17) is 9.47 Å². The van der Waals surface area contributed by atoms with Crippen LogP contribution in [0.4, 0.5) is 9.59 Å². The van der Waals surface area contributed by atoms with Gasteiger partial charge in [0.1, 0.15) is 13.2 Å². The third-order valence-corrected chi connectivity index (χ3v) is 5.03. The lowest BCUT2D eigenvalue weighted by molar-refractivity contribution is 0.0714. The van der Waals surface area contributed by atoms with Crippen LogP contribution in [0, 0.1) is 0 Å². The summed E-state index contributed by atoms with van der Waals surface area (Å²) in [7, 11) is 0. The van der Waals surface area contributed by atoms with E-state index in [0.717, 1.165) is 16.8 Å². The Bertz CT molecular complexity index is 984. The van der Waals surface area contributed by atoms with Crippen LogP contribution in [0.25, 0.3) is 0 Å². The monoisotopic (exact) mass is 447 g/mol. The number of nitrogens with one attached hydrogen (secondary N) is 1. The zero-order valence-electron chi connectivity index (χ0n) is 18.7. The summed E-state index contributed by atoms with van der Waals surface area (Å²) in [5, 5.41) is 2.88. The van der Waals surface area contributed by atoms with Crippen LogP contribution in [0.15, 0.2) is 85.1 Å². The third kappa shape index (κ3) is 7.96. The summed E-state index contributed by atoms with van der Waals surface area (Å²) >= 11 is 0. The van der Waals surface area contributed by atoms with Crippen molar-refractivity contribution in [3.63, 3.8) is 0 Å². The first-order chi connectivity index (χ1) is 16.2. The number of benzene rings is 2. The Kier molecular flexibility index (Phi) is 9.27. The third-order valence-electron chi connectivity index (χ3n) is 5.03. The summed E-state index contributed by atoms with van der Waals surface area (Å²) in [5.74, 6) is 0. The quantitative estimate of drug-likeness (QED) is 0.454. The number of carbonyl (C=O) groups is 2. The van der Waals surface area contributed by atoms with Crippen LogP contribution in [0.1, 0.15) is 29.8 Å². The molecule has 0 fully saturated rings. The fourth-order valence-electron chi connectivity index (χ4n) is 3.31. The van der Waals surface area contributed by atoms with Gasteiger partial charge >= 0.3 is 12.2 Å². The summed E-state index contributed by atoms with van der Waals surface area (Å²) in [6, 6.07) is 24.7. The second-order valence-electron chi connectivity index (χ2n) is 7.38. The average Bonchev–Trinajstić information content (AvgIpc) is 2.86. The lowest BCUT2D eigenvalue weighted by atomic mass is 10.0. The van der Waals surface area contributed by atoms with Crippen molar-refractivity contribution in [2.45, 2.75) is 25.9 Å². The molecule has 1 atom stereocenters. The van der Waals surface area contributed by atoms with Gasteiger partial charge in [0.05, 0.1) is 6.04 Å². The molecule has 172 valence electrons. The van der Waals surface area contributed by atoms with Gasteiger partial charge in [0.15, 0.2) is 0 Å². The number of carbonyl (C=O) groups excluding carboxylic acids is 2. The predicted molar refractivity (Wildman–Crippen MR) is 125 cm³/mol. The van der Waals surface area contributed by atoms with E-state index in [9.17, 15) is 9.59 Å². The van der Waals surface area contributed by atoms with Gasteiger partial charge in [-0.05, 0) is 30.2 Å². The Labute approximate surface area is 194 Å². The summed E-state index contributed by atoms with van der Waals surface area (Å²) in [5.41, 5.74) is 2.83. The van der Waals surface area contributed by atoms with Gasteiger partial charge in [-0.2, -0.15) is 0 Å². The Balaban J connectivity index is 1.46. The van der Waals surface area contributed by atoms with E-state index in [0.29, 0.717) is 19.5 Å². The van der Waals surface area contributed by atoms with E-state index in [1.165, 1.54) is 0 Å². The lowest BCUT2D eigenvalue weighted by Crippen LogP contribution is -2.33. The van der Waals surface area contributed by atoms with Crippen molar-refractivity contribution in [1.82, 2.24) is 15.2 Å². The minimum Gasteiger partial charge on any atom is -0.446 e. The molecule has 1 unspecified atom stereocenters.